The molecule has 0 saturated heterocycles. The Kier molecular flexibility index (Phi) is 18.2. The minimum absolute atomic E-state index is 0.0298. The van der Waals surface area contributed by atoms with Crippen LogP contribution in [0.1, 0.15) is 126 Å². The van der Waals surface area contributed by atoms with Crippen LogP contribution in [0.15, 0.2) is 97.1 Å². The average molecular weight is 1230 g/mol. The molecule has 0 fully saturated rings. The minimum atomic E-state index is -1.13. The topological polar surface area (TPSA) is 178 Å². The molecule has 0 atom stereocenters. The predicted molar refractivity (Wildman–Crippen MR) is 291 cm³/mol. The number of benzene rings is 5. The molecule has 0 heterocycles. The summed E-state index contributed by atoms with van der Waals surface area (Å²) in [6, 6.07) is 27.2. The molecule has 0 aliphatic carbocycles. The van der Waals surface area contributed by atoms with Gasteiger partial charge in [0.1, 0.15) is 51.0 Å². The van der Waals surface area contributed by atoms with Crippen molar-refractivity contribution in [2.24, 2.45) is 0 Å². The summed E-state index contributed by atoms with van der Waals surface area (Å²) in [5.74, 6) is -0.522. The minimum Gasteiger partial charge on any atom is -0.428 e. The zero-order valence-corrected chi connectivity index (χ0v) is 48.0. The van der Waals surface area contributed by atoms with E-state index < -0.39 is 64.7 Å². The summed E-state index contributed by atoms with van der Waals surface area (Å²) in [6.07, 6.45) is -4.77. The molecule has 17 heteroatoms. The molecule has 5 rings (SSSR count). The molecule has 0 amide bonds. The van der Waals surface area contributed by atoms with Crippen molar-refractivity contribution in [3.63, 3.8) is 0 Å². The monoisotopic (exact) mass is 1230 g/mol. The summed E-state index contributed by atoms with van der Waals surface area (Å²) in [5, 5.41) is 0. The molecule has 0 unspecified atom stereocenters. The Balaban J connectivity index is 1.85. The molecule has 5 aromatic rings. The van der Waals surface area contributed by atoms with Crippen LogP contribution in [-0.2, 0) is 23.7 Å². The Morgan fingerprint density at radius 2 is 0.658 bits per heavy atom. The lowest BCUT2D eigenvalue weighted by Gasteiger charge is -2.28. The fraction of sp³-hybridized carbons (Fsp3) is 0.375. The Bertz CT molecular complexity index is 2670. The molecular formula is C56H62I2O15. The van der Waals surface area contributed by atoms with Crippen molar-refractivity contribution in [2.45, 2.75) is 138 Å². The van der Waals surface area contributed by atoms with Gasteiger partial charge in [0, 0.05) is 26.2 Å². The molecule has 0 aliphatic rings. The van der Waals surface area contributed by atoms with Crippen LogP contribution in [0.4, 0.5) is 24.0 Å². The summed E-state index contributed by atoms with van der Waals surface area (Å²) in [5.41, 5.74) is -0.895. The molecule has 0 N–H and O–H groups in total. The third-order valence-electron chi connectivity index (χ3n) is 9.29. The van der Waals surface area contributed by atoms with Gasteiger partial charge in [-0.1, -0.05) is 36.4 Å². The molecule has 390 valence electrons. The Morgan fingerprint density at radius 3 is 0.986 bits per heavy atom. The first kappa shape index (κ1) is 57.8. The maximum Gasteiger partial charge on any atom is 0.514 e. The molecule has 15 nitrogen and oxygen atoms in total. The quantitative estimate of drug-likeness (QED) is 0.0424. The van der Waals surface area contributed by atoms with E-state index in [0.29, 0.717) is 42.5 Å². The number of ether oxygens (including phenoxy) is 10. The summed E-state index contributed by atoms with van der Waals surface area (Å²) in [4.78, 5) is 66.3. The van der Waals surface area contributed by atoms with E-state index in [4.69, 9.17) is 47.4 Å². The highest BCUT2D eigenvalue weighted by molar-refractivity contribution is 14.1. The number of rotatable bonds is 10. The molecule has 73 heavy (non-hydrogen) atoms. The first-order valence-corrected chi connectivity index (χ1v) is 25.3. The van der Waals surface area contributed by atoms with Gasteiger partial charge in [-0.25, -0.2) is 24.0 Å². The summed E-state index contributed by atoms with van der Waals surface area (Å²) in [7, 11) is 0. The maximum absolute atomic E-state index is 13.7. The van der Waals surface area contributed by atoms with Gasteiger partial charge in [0.05, 0.1) is 3.57 Å². The second-order valence-electron chi connectivity index (χ2n) is 21.6. The number of carbonyl (C=O) groups excluding carboxylic acids is 5. The van der Waals surface area contributed by atoms with Crippen LogP contribution in [-0.4, -0.2) is 58.8 Å². The fourth-order valence-corrected chi connectivity index (χ4v) is 8.74. The molecule has 0 radical (unpaired) electrons. The standard InChI is InChI=1S/C56H62I2O15/c1-52(2,3)69-47(59)64-37-22-16-32(17-23-37)34-20-26-43(66-49(61)71-54(7,8)9)39(28-34)45(41-30-36(57)31-42(58)46(41)68-51(63)73-56(13,14)15)40-29-35(21-27-44(40)67-50(62)72-55(10,11)12)33-18-24-38(25-19-33)65-48(60)70-53(4,5)6/h16-31,45H,1-15H3. The van der Waals surface area contributed by atoms with E-state index in [2.05, 4.69) is 45.2 Å². The lowest BCUT2D eigenvalue weighted by molar-refractivity contribution is 0.0189. The van der Waals surface area contributed by atoms with Crippen molar-refractivity contribution < 1.29 is 71.3 Å². The number of hydrogen-bond donors (Lipinski definition) is 0. The summed E-state index contributed by atoms with van der Waals surface area (Å²) < 4.78 is 58.2. The molecule has 0 aliphatic heterocycles. The van der Waals surface area contributed by atoms with E-state index in [1.807, 2.05) is 6.07 Å². The lowest BCUT2D eigenvalue weighted by Crippen LogP contribution is -2.27. The van der Waals surface area contributed by atoms with Crippen molar-refractivity contribution in [3.05, 3.63) is 121 Å². The van der Waals surface area contributed by atoms with Gasteiger partial charge >= 0.3 is 30.8 Å². The van der Waals surface area contributed by atoms with Crippen molar-refractivity contribution >= 4 is 76.0 Å². The van der Waals surface area contributed by atoms with E-state index in [1.165, 1.54) is 0 Å². The zero-order chi connectivity index (χ0) is 54.4. The van der Waals surface area contributed by atoms with E-state index in [-0.39, 0.29) is 28.7 Å². The SMILES string of the molecule is CC(C)(C)OC(=O)Oc1ccc(-c2ccc(OC(=O)OC(C)(C)C)c(C(c3cc(-c4ccc(OC(=O)OC(C)(C)C)cc4)ccc3OC(=O)OC(C)(C)C)c3cc(I)cc(I)c3OC(=O)OC(C)(C)C)c2)cc1. The Morgan fingerprint density at radius 1 is 0.356 bits per heavy atom. The van der Waals surface area contributed by atoms with Crippen LogP contribution in [0.25, 0.3) is 22.3 Å². The van der Waals surface area contributed by atoms with Crippen molar-refractivity contribution in [1.82, 2.24) is 0 Å². The number of hydrogen-bond acceptors (Lipinski definition) is 15. The zero-order valence-electron chi connectivity index (χ0n) is 43.7. The van der Waals surface area contributed by atoms with Gasteiger partial charge in [0.25, 0.3) is 0 Å². The molecule has 0 saturated carbocycles. The number of halogens is 2. The second-order valence-corrected chi connectivity index (χ2v) is 24.0. The van der Waals surface area contributed by atoms with Gasteiger partial charge in [0.15, 0.2) is 5.75 Å². The Labute approximate surface area is 454 Å². The summed E-state index contributed by atoms with van der Waals surface area (Å²) >= 11 is 4.22. The van der Waals surface area contributed by atoms with Crippen molar-refractivity contribution in [1.29, 1.82) is 0 Å². The molecule has 5 aromatic carbocycles. The predicted octanol–water partition coefficient (Wildman–Crippen LogP) is 16.0. The number of carbonyl (C=O) groups is 5. The van der Waals surface area contributed by atoms with Gasteiger partial charge in [0.2, 0.25) is 0 Å². The normalized spacial score (nSPS) is 12.0. The molecule has 0 bridgehead atoms. The highest BCUT2D eigenvalue weighted by Crippen LogP contribution is 2.49. The highest BCUT2D eigenvalue weighted by Gasteiger charge is 2.34. The van der Waals surface area contributed by atoms with E-state index in [0.717, 1.165) is 3.57 Å². The van der Waals surface area contributed by atoms with Crippen LogP contribution >= 0.6 is 45.2 Å². The fourth-order valence-electron chi connectivity index (χ4n) is 6.74. The third-order valence-corrected chi connectivity index (χ3v) is 10.7. The molecule has 0 aromatic heterocycles. The van der Waals surface area contributed by atoms with Gasteiger partial charge in [-0.15, -0.1) is 0 Å². The Hall–Kier alpha value is -6.09. The van der Waals surface area contributed by atoms with E-state index in [9.17, 15) is 24.0 Å². The average Bonchev–Trinajstić information content (AvgIpc) is 3.20. The van der Waals surface area contributed by atoms with E-state index in [1.54, 1.807) is 195 Å². The first-order chi connectivity index (χ1) is 33.6. The van der Waals surface area contributed by atoms with Gasteiger partial charge in [-0.2, -0.15) is 0 Å². The van der Waals surface area contributed by atoms with Crippen molar-refractivity contribution in [2.75, 3.05) is 0 Å². The van der Waals surface area contributed by atoms with Crippen LogP contribution in [0.2, 0.25) is 0 Å². The molecule has 0 spiro atoms. The maximum atomic E-state index is 13.7. The summed E-state index contributed by atoms with van der Waals surface area (Å²) in [6.45, 7) is 25.7. The van der Waals surface area contributed by atoms with Crippen LogP contribution in [0.3, 0.4) is 0 Å². The molecular weight excluding hydrogens is 1170 g/mol. The van der Waals surface area contributed by atoms with Gasteiger partial charge in [-0.05, 0) is 232 Å². The first-order valence-electron chi connectivity index (χ1n) is 23.1. The van der Waals surface area contributed by atoms with Crippen LogP contribution in [0, 0.1) is 7.14 Å². The largest absolute Gasteiger partial charge is 0.514 e. The van der Waals surface area contributed by atoms with Crippen LogP contribution < -0.4 is 23.7 Å². The highest BCUT2D eigenvalue weighted by atomic mass is 127. The smallest absolute Gasteiger partial charge is 0.428 e. The van der Waals surface area contributed by atoms with Crippen LogP contribution in [0.5, 0.6) is 28.7 Å². The lowest BCUT2D eigenvalue weighted by atomic mass is 9.81. The van der Waals surface area contributed by atoms with Gasteiger partial charge < -0.3 is 47.4 Å². The van der Waals surface area contributed by atoms with Gasteiger partial charge in [-0.3, -0.25) is 0 Å². The van der Waals surface area contributed by atoms with E-state index >= 15 is 0 Å². The van der Waals surface area contributed by atoms with Crippen molar-refractivity contribution in [3.8, 4) is 51.0 Å². The third kappa shape index (κ3) is 18.4. The second kappa shape index (κ2) is 23.0.